The zero-order valence-electron chi connectivity index (χ0n) is 12.7. The summed E-state index contributed by atoms with van der Waals surface area (Å²) < 4.78 is 4.74. The minimum Gasteiger partial charge on any atom is -0.465 e. The number of benzene rings is 1. The van der Waals surface area contributed by atoms with Gasteiger partial charge in [0.15, 0.2) is 5.16 Å². The predicted octanol–water partition coefficient (Wildman–Crippen LogP) is 2.92. The van der Waals surface area contributed by atoms with Crippen molar-refractivity contribution >= 4 is 40.9 Å². The van der Waals surface area contributed by atoms with Crippen LogP contribution in [0.2, 0.25) is 5.15 Å². The minimum atomic E-state index is -0.527. The Morgan fingerprint density at radius 2 is 1.96 bits per heavy atom. The molecule has 0 unspecified atom stereocenters. The van der Waals surface area contributed by atoms with Crippen LogP contribution in [0.4, 0.5) is 5.69 Å². The largest absolute Gasteiger partial charge is 0.465 e. The maximum absolute atomic E-state index is 12.6. The number of aromatic nitrogens is 2. The van der Waals surface area contributed by atoms with E-state index in [9.17, 15) is 9.59 Å². The molecule has 120 valence electrons. The smallest absolute Gasteiger partial charge is 0.339 e. The maximum atomic E-state index is 12.6. The van der Waals surface area contributed by atoms with Gasteiger partial charge in [-0.2, -0.15) is 0 Å². The van der Waals surface area contributed by atoms with E-state index in [4.69, 9.17) is 16.3 Å². The van der Waals surface area contributed by atoms with Crippen LogP contribution in [0.1, 0.15) is 20.7 Å². The van der Waals surface area contributed by atoms with Crippen LogP contribution < -0.4 is 4.90 Å². The topological polar surface area (TPSA) is 72.4 Å². The number of para-hydroxylation sites is 1. The normalized spacial score (nSPS) is 10.3. The number of nitrogens with zero attached hydrogens (tertiary/aromatic N) is 3. The lowest BCUT2D eigenvalue weighted by molar-refractivity contribution is 0.0601. The van der Waals surface area contributed by atoms with Gasteiger partial charge in [-0.3, -0.25) is 4.79 Å². The van der Waals surface area contributed by atoms with E-state index in [2.05, 4.69) is 9.97 Å². The summed E-state index contributed by atoms with van der Waals surface area (Å²) in [5.74, 6) is -0.945. The Morgan fingerprint density at radius 3 is 2.57 bits per heavy atom. The molecule has 1 aromatic carbocycles. The monoisotopic (exact) mass is 351 g/mol. The summed E-state index contributed by atoms with van der Waals surface area (Å²) in [5, 5.41) is 0.543. The maximum Gasteiger partial charge on any atom is 0.339 e. The third-order valence-electron chi connectivity index (χ3n) is 3.11. The molecular weight excluding hydrogens is 338 g/mol. The molecule has 0 N–H and O–H groups in total. The van der Waals surface area contributed by atoms with E-state index in [0.717, 1.165) is 0 Å². The Kier molecular flexibility index (Phi) is 5.57. The average Bonchev–Trinajstić information content (AvgIpc) is 2.59. The third kappa shape index (κ3) is 3.62. The minimum absolute atomic E-state index is 0.0664. The number of halogens is 1. The van der Waals surface area contributed by atoms with Crippen LogP contribution in [0, 0.1) is 0 Å². The summed E-state index contributed by atoms with van der Waals surface area (Å²) in [7, 11) is 2.83. The first-order valence-electron chi connectivity index (χ1n) is 6.51. The summed E-state index contributed by atoms with van der Waals surface area (Å²) in [6.45, 7) is 0. The summed E-state index contributed by atoms with van der Waals surface area (Å²) >= 11 is 7.39. The molecule has 0 atom stereocenters. The van der Waals surface area contributed by atoms with Crippen molar-refractivity contribution in [2.45, 2.75) is 5.16 Å². The average molecular weight is 352 g/mol. The third-order valence-corrected chi connectivity index (χ3v) is 3.96. The van der Waals surface area contributed by atoms with Crippen molar-refractivity contribution in [2.75, 3.05) is 25.3 Å². The molecule has 0 fully saturated rings. The van der Waals surface area contributed by atoms with E-state index in [1.54, 1.807) is 31.3 Å². The second-order valence-corrected chi connectivity index (χ2v) is 5.57. The van der Waals surface area contributed by atoms with Crippen molar-refractivity contribution in [3.63, 3.8) is 0 Å². The molecule has 0 saturated heterocycles. The number of anilines is 1. The molecule has 23 heavy (non-hydrogen) atoms. The predicted molar refractivity (Wildman–Crippen MR) is 89.3 cm³/mol. The van der Waals surface area contributed by atoms with Gasteiger partial charge in [0.05, 0.1) is 23.9 Å². The molecule has 0 aliphatic heterocycles. The van der Waals surface area contributed by atoms with Crippen LogP contribution in [0.3, 0.4) is 0 Å². The van der Waals surface area contributed by atoms with Crippen molar-refractivity contribution in [3.8, 4) is 0 Å². The highest BCUT2D eigenvalue weighted by Gasteiger charge is 2.22. The van der Waals surface area contributed by atoms with Crippen molar-refractivity contribution < 1.29 is 14.3 Å². The molecule has 2 rings (SSSR count). The number of ether oxygens (including phenoxy) is 1. The zero-order chi connectivity index (χ0) is 17.0. The lowest BCUT2D eigenvalue weighted by Crippen LogP contribution is -2.28. The number of methoxy groups -OCH3 is 1. The first-order chi connectivity index (χ1) is 11.0. The fourth-order valence-corrected chi connectivity index (χ4v) is 2.53. The number of hydrogen-bond donors (Lipinski definition) is 0. The Bertz CT molecular complexity index is 754. The van der Waals surface area contributed by atoms with Gasteiger partial charge < -0.3 is 9.64 Å². The molecular formula is C15H14ClN3O3S. The molecule has 8 heteroatoms. The molecule has 1 aromatic heterocycles. The number of esters is 1. The molecule has 6 nitrogen and oxygen atoms in total. The quantitative estimate of drug-likeness (QED) is 0.365. The van der Waals surface area contributed by atoms with Gasteiger partial charge in [-0.1, -0.05) is 35.5 Å². The Hall–Kier alpha value is -2.12. The molecule has 0 aliphatic carbocycles. The molecule has 0 spiro atoms. The summed E-state index contributed by atoms with van der Waals surface area (Å²) in [6.07, 6.45) is 3.19. The number of carbonyl (C=O) groups excluding carboxylic acids is 2. The highest BCUT2D eigenvalue weighted by molar-refractivity contribution is 7.98. The Morgan fingerprint density at radius 1 is 1.26 bits per heavy atom. The lowest BCUT2D eigenvalue weighted by Gasteiger charge is -2.20. The second kappa shape index (κ2) is 7.43. The van der Waals surface area contributed by atoms with Gasteiger partial charge in [0.1, 0.15) is 5.15 Å². The number of thioether (sulfide) groups is 1. The van der Waals surface area contributed by atoms with Crippen molar-refractivity contribution in [1.82, 2.24) is 9.97 Å². The number of rotatable bonds is 4. The van der Waals surface area contributed by atoms with Gasteiger partial charge in [0, 0.05) is 13.2 Å². The van der Waals surface area contributed by atoms with Gasteiger partial charge >= 0.3 is 5.97 Å². The molecule has 1 heterocycles. The van der Waals surface area contributed by atoms with Crippen LogP contribution in [0.25, 0.3) is 0 Å². The van der Waals surface area contributed by atoms with E-state index >= 15 is 0 Å². The highest BCUT2D eigenvalue weighted by Crippen LogP contribution is 2.24. The van der Waals surface area contributed by atoms with E-state index in [1.807, 2.05) is 6.26 Å². The fraction of sp³-hybridized carbons (Fsp3) is 0.200. The standard InChI is InChI=1S/C15H14ClN3O3S/c1-19(11-7-5-4-6-9(11)14(21)22-2)13(20)10-8-17-15(23-3)18-12(10)16/h4-8H,1-3H3. The summed E-state index contributed by atoms with van der Waals surface area (Å²) in [6, 6.07) is 6.65. The number of carbonyl (C=O) groups is 2. The van der Waals surface area contributed by atoms with Crippen LogP contribution >= 0.6 is 23.4 Å². The van der Waals surface area contributed by atoms with Crippen LogP contribution in [0.15, 0.2) is 35.6 Å². The van der Waals surface area contributed by atoms with Gasteiger partial charge in [0.25, 0.3) is 5.91 Å². The van der Waals surface area contributed by atoms with Crippen molar-refractivity contribution in [3.05, 3.63) is 46.7 Å². The van der Waals surface area contributed by atoms with Gasteiger partial charge in [0.2, 0.25) is 0 Å². The van der Waals surface area contributed by atoms with Gasteiger partial charge in [-0.15, -0.1) is 0 Å². The summed E-state index contributed by atoms with van der Waals surface area (Å²) in [4.78, 5) is 33.9. The van der Waals surface area contributed by atoms with Crippen LogP contribution in [-0.4, -0.2) is 42.3 Å². The van der Waals surface area contributed by atoms with Crippen molar-refractivity contribution in [1.29, 1.82) is 0 Å². The van der Waals surface area contributed by atoms with E-state index in [1.165, 1.54) is 30.0 Å². The van der Waals surface area contributed by atoms with Crippen LogP contribution in [-0.2, 0) is 4.74 Å². The highest BCUT2D eigenvalue weighted by atomic mass is 35.5. The zero-order valence-corrected chi connectivity index (χ0v) is 14.3. The SMILES string of the molecule is COC(=O)c1ccccc1N(C)C(=O)c1cnc(SC)nc1Cl. The summed E-state index contributed by atoms with van der Waals surface area (Å²) in [5.41, 5.74) is 0.851. The Labute approximate surface area is 142 Å². The molecule has 2 aromatic rings. The number of amides is 1. The van der Waals surface area contributed by atoms with Gasteiger partial charge in [-0.25, -0.2) is 14.8 Å². The fourth-order valence-electron chi connectivity index (χ4n) is 1.93. The second-order valence-electron chi connectivity index (χ2n) is 4.43. The molecule has 0 aliphatic rings. The van der Waals surface area contributed by atoms with Gasteiger partial charge in [-0.05, 0) is 18.4 Å². The first-order valence-corrected chi connectivity index (χ1v) is 8.11. The van der Waals surface area contributed by atoms with E-state index in [-0.39, 0.29) is 16.3 Å². The van der Waals surface area contributed by atoms with Crippen molar-refractivity contribution in [2.24, 2.45) is 0 Å². The first kappa shape index (κ1) is 17.2. The van der Waals surface area contributed by atoms with E-state index in [0.29, 0.717) is 10.8 Å². The van der Waals surface area contributed by atoms with Crippen LogP contribution in [0.5, 0.6) is 0 Å². The Balaban J connectivity index is 2.39. The lowest BCUT2D eigenvalue weighted by atomic mass is 10.1. The van der Waals surface area contributed by atoms with E-state index < -0.39 is 11.9 Å². The number of hydrogen-bond acceptors (Lipinski definition) is 6. The molecule has 0 saturated carbocycles. The molecule has 0 radical (unpaired) electrons. The molecule has 0 bridgehead atoms. The molecule has 1 amide bonds.